The number of rotatable bonds is 4. The summed E-state index contributed by atoms with van der Waals surface area (Å²) in [6, 6.07) is 4.43. The number of nitrogens with zero attached hydrogens (tertiary/aromatic N) is 2. The van der Waals surface area contributed by atoms with Gasteiger partial charge in [-0.3, -0.25) is 15.1 Å². The van der Waals surface area contributed by atoms with E-state index in [-0.39, 0.29) is 11.3 Å². The lowest BCUT2D eigenvalue weighted by molar-refractivity contribution is -0.462. The van der Waals surface area contributed by atoms with Gasteiger partial charge in [0.05, 0.1) is 17.5 Å². The van der Waals surface area contributed by atoms with Crippen LogP contribution in [-0.2, 0) is 0 Å². The van der Waals surface area contributed by atoms with Crippen LogP contribution in [0.5, 0.6) is 0 Å². The highest BCUT2D eigenvalue weighted by Gasteiger charge is 2.09. The molecule has 0 amide bonds. The number of aromatic carboxylic acids is 1. The van der Waals surface area contributed by atoms with Gasteiger partial charge in [-0.15, -0.1) is 0 Å². The van der Waals surface area contributed by atoms with Gasteiger partial charge in [0.2, 0.25) is 6.54 Å². The van der Waals surface area contributed by atoms with Crippen molar-refractivity contribution in [1.29, 1.82) is 0 Å². The number of benzene rings is 1. The highest BCUT2D eigenvalue weighted by atomic mass is 79.9. The molecule has 1 aromatic rings. The lowest BCUT2D eigenvalue weighted by Crippen LogP contribution is -2.01. The number of aliphatic imine (C=N–C) groups is 1. The molecule has 0 atom stereocenters. The molecule has 1 rings (SSSR count). The summed E-state index contributed by atoms with van der Waals surface area (Å²) in [5.41, 5.74) is 0.187. The van der Waals surface area contributed by atoms with Crippen molar-refractivity contribution in [2.75, 3.05) is 6.54 Å². The Morgan fingerprint density at radius 1 is 1.62 bits per heavy atom. The van der Waals surface area contributed by atoms with E-state index in [9.17, 15) is 14.9 Å². The Morgan fingerprint density at radius 2 is 2.31 bits per heavy atom. The van der Waals surface area contributed by atoms with Gasteiger partial charge in [-0.2, -0.15) is 0 Å². The molecular weight excluding hydrogens is 280 g/mol. The first-order valence-corrected chi connectivity index (χ1v) is 4.97. The van der Waals surface area contributed by atoms with Crippen molar-refractivity contribution < 1.29 is 14.8 Å². The molecule has 0 aliphatic heterocycles. The third kappa shape index (κ3) is 3.43. The normalized spacial score (nSPS) is 10.6. The molecule has 7 heteroatoms. The maximum atomic E-state index is 10.8. The standard InChI is InChI=1S/C9H7BrN2O4/c10-6-1-2-7(9(13)14)8(5-6)11-3-4-12(15)16/h1-3,5H,4H2,(H,13,14). The van der Waals surface area contributed by atoms with Gasteiger partial charge >= 0.3 is 5.97 Å². The van der Waals surface area contributed by atoms with Gasteiger partial charge < -0.3 is 5.11 Å². The molecule has 84 valence electrons. The van der Waals surface area contributed by atoms with Crippen LogP contribution in [0.3, 0.4) is 0 Å². The van der Waals surface area contributed by atoms with E-state index in [1.807, 2.05) is 0 Å². The molecule has 0 aliphatic carbocycles. The van der Waals surface area contributed by atoms with Crippen molar-refractivity contribution in [2.45, 2.75) is 0 Å². The zero-order valence-corrected chi connectivity index (χ0v) is 9.55. The molecule has 0 aliphatic rings. The summed E-state index contributed by atoms with van der Waals surface area (Å²) in [5, 5.41) is 18.9. The summed E-state index contributed by atoms with van der Waals surface area (Å²) in [6.45, 7) is -0.439. The largest absolute Gasteiger partial charge is 0.478 e. The van der Waals surface area contributed by atoms with Crippen molar-refractivity contribution in [3.05, 3.63) is 38.3 Å². The first-order chi connectivity index (χ1) is 7.50. The predicted octanol–water partition coefficient (Wildman–Crippen LogP) is 2.13. The summed E-state index contributed by atoms with van der Waals surface area (Å²) in [4.78, 5) is 24.1. The topological polar surface area (TPSA) is 92.8 Å². The van der Waals surface area contributed by atoms with Crippen LogP contribution in [0.2, 0.25) is 0 Å². The Bertz CT molecular complexity index is 459. The van der Waals surface area contributed by atoms with Gasteiger partial charge in [-0.05, 0) is 18.2 Å². The summed E-state index contributed by atoms with van der Waals surface area (Å²) in [5.74, 6) is -1.12. The fraction of sp³-hybridized carbons (Fsp3) is 0.111. The van der Waals surface area contributed by atoms with Gasteiger partial charge in [0.15, 0.2) is 0 Å². The van der Waals surface area contributed by atoms with Gasteiger partial charge in [0, 0.05) is 9.40 Å². The van der Waals surface area contributed by atoms with E-state index in [4.69, 9.17) is 5.11 Å². The first kappa shape index (κ1) is 12.3. The summed E-state index contributed by atoms with van der Waals surface area (Å²) in [6.07, 6.45) is 1.06. The summed E-state index contributed by atoms with van der Waals surface area (Å²) in [7, 11) is 0. The number of carbonyl (C=O) groups is 1. The van der Waals surface area contributed by atoms with Gasteiger partial charge in [-0.1, -0.05) is 15.9 Å². The van der Waals surface area contributed by atoms with Crippen LogP contribution in [0, 0.1) is 10.1 Å². The second kappa shape index (κ2) is 5.36. The molecule has 1 N–H and O–H groups in total. The number of carboxylic acid groups (broad SMARTS) is 1. The lowest BCUT2D eigenvalue weighted by Gasteiger charge is -2.00. The van der Waals surface area contributed by atoms with Crippen molar-refractivity contribution in [1.82, 2.24) is 0 Å². The van der Waals surface area contributed by atoms with E-state index in [1.165, 1.54) is 12.1 Å². The molecule has 0 bridgehead atoms. The average molecular weight is 287 g/mol. The first-order valence-electron chi connectivity index (χ1n) is 4.18. The van der Waals surface area contributed by atoms with Crippen LogP contribution >= 0.6 is 15.9 Å². The minimum absolute atomic E-state index is 0.00259. The van der Waals surface area contributed by atoms with Crippen LogP contribution < -0.4 is 0 Å². The number of halogens is 1. The smallest absolute Gasteiger partial charge is 0.337 e. The second-order valence-corrected chi connectivity index (χ2v) is 3.71. The zero-order valence-electron chi connectivity index (χ0n) is 7.96. The third-order valence-electron chi connectivity index (χ3n) is 1.65. The Hall–Kier alpha value is -1.76. The van der Waals surface area contributed by atoms with Crippen LogP contribution in [0.4, 0.5) is 5.69 Å². The minimum atomic E-state index is -1.12. The number of nitro groups is 1. The third-order valence-corrected chi connectivity index (χ3v) is 2.14. The van der Waals surface area contributed by atoms with Crippen molar-refractivity contribution in [3.63, 3.8) is 0 Å². The molecule has 0 spiro atoms. The zero-order chi connectivity index (χ0) is 12.1. The van der Waals surface area contributed by atoms with E-state index in [1.54, 1.807) is 6.07 Å². The molecule has 0 unspecified atom stereocenters. The van der Waals surface area contributed by atoms with Crippen LogP contribution in [0.15, 0.2) is 27.7 Å². The molecule has 0 aromatic heterocycles. The molecule has 0 saturated carbocycles. The number of carboxylic acids is 1. The minimum Gasteiger partial charge on any atom is -0.478 e. The Kier molecular flexibility index (Phi) is 4.12. The van der Waals surface area contributed by atoms with Gasteiger partial charge in [-0.25, -0.2) is 4.79 Å². The van der Waals surface area contributed by atoms with Crippen LogP contribution in [-0.4, -0.2) is 28.8 Å². The predicted molar refractivity (Wildman–Crippen MR) is 61.1 cm³/mol. The maximum Gasteiger partial charge on any atom is 0.337 e. The van der Waals surface area contributed by atoms with Crippen molar-refractivity contribution >= 4 is 33.8 Å². The molecular formula is C9H7BrN2O4. The van der Waals surface area contributed by atoms with E-state index in [0.717, 1.165) is 6.21 Å². The van der Waals surface area contributed by atoms with Crippen LogP contribution in [0.25, 0.3) is 0 Å². The molecule has 6 nitrogen and oxygen atoms in total. The quantitative estimate of drug-likeness (QED) is 0.521. The molecule has 0 saturated heterocycles. The maximum absolute atomic E-state index is 10.8. The fourth-order valence-electron chi connectivity index (χ4n) is 0.998. The van der Waals surface area contributed by atoms with Crippen molar-refractivity contribution in [3.8, 4) is 0 Å². The highest BCUT2D eigenvalue weighted by Crippen LogP contribution is 2.23. The second-order valence-electron chi connectivity index (χ2n) is 2.79. The Balaban J connectivity index is 3.01. The molecule has 1 aromatic carbocycles. The van der Waals surface area contributed by atoms with Gasteiger partial charge in [0.25, 0.3) is 0 Å². The monoisotopic (exact) mass is 286 g/mol. The summed E-state index contributed by atoms with van der Waals surface area (Å²) < 4.78 is 0.658. The SMILES string of the molecule is O=C(O)c1ccc(Br)cc1N=CC[N+](=O)[O-]. The number of hydrogen-bond donors (Lipinski definition) is 1. The Labute approximate surface area is 98.9 Å². The average Bonchev–Trinajstić information content (AvgIpc) is 2.16. The number of hydrogen-bond acceptors (Lipinski definition) is 4. The Morgan fingerprint density at radius 3 is 2.88 bits per heavy atom. The summed E-state index contributed by atoms with van der Waals surface area (Å²) >= 11 is 3.17. The van der Waals surface area contributed by atoms with Crippen molar-refractivity contribution in [2.24, 2.45) is 4.99 Å². The van der Waals surface area contributed by atoms with Gasteiger partial charge in [0.1, 0.15) is 0 Å². The molecule has 0 fully saturated rings. The van der Waals surface area contributed by atoms with E-state index >= 15 is 0 Å². The van der Waals surface area contributed by atoms with E-state index < -0.39 is 17.4 Å². The molecule has 16 heavy (non-hydrogen) atoms. The molecule has 0 heterocycles. The molecule has 0 radical (unpaired) electrons. The fourth-order valence-corrected chi connectivity index (χ4v) is 1.35. The van der Waals surface area contributed by atoms with Crippen LogP contribution in [0.1, 0.15) is 10.4 Å². The lowest BCUT2D eigenvalue weighted by atomic mass is 10.2. The van der Waals surface area contributed by atoms with E-state index in [2.05, 4.69) is 20.9 Å². The highest BCUT2D eigenvalue weighted by molar-refractivity contribution is 9.10. The van der Waals surface area contributed by atoms with E-state index in [0.29, 0.717) is 4.47 Å².